The van der Waals surface area contributed by atoms with E-state index in [1.54, 1.807) is 0 Å². The number of pyridine rings is 1. The lowest BCUT2D eigenvalue weighted by Gasteiger charge is -2.40. The van der Waals surface area contributed by atoms with Gasteiger partial charge in [-0.15, -0.1) is 0 Å². The van der Waals surface area contributed by atoms with E-state index in [-0.39, 0.29) is 0 Å². The zero-order chi connectivity index (χ0) is 18.1. The quantitative estimate of drug-likeness (QED) is 0.738. The molecule has 2 aliphatic rings. The molecule has 4 rings (SSSR count). The van der Waals surface area contributed by atoms with Crippen molar-refractivity contribution in [1.29, 1.82) is 0 Å². The molecule has 5 nitrogen and oxygen atoms in total. The molecule has 140 valence electrons. The topological polar surface area (TPSA) is 53.5 Å². The number of fused-ring (bicyclic) bond motifs is 1. The van der Waals surface area contributed by atoms with Gasteiger partial charge in [-0.2, -0.15) is 0 Å². The van der Waals surface area contributed by atoms with Gasteiger partial charge in [0.1, 0.15) is 0 Å². The monoisotopic (exact) mass is 437 g/mol. The van der Waals surface area contributed by atoms with Crippen LogP contribution < -0.4 is 0 Å². The molecular formula is C19H24BrN3O2S. The molecule has 1 aromatic heterocycles. The van der Waals surface area contributed by atoms with Crippen LogP contribution >= 0.6 is 15.9 Å². The lowest BCUT2D eigenvalue weighted by molar-refractivity contribution is 0.111. The van der Waals surface area contributed by atoms with Gasteiger partial charge in [0.05, 0.1) is 17.0 Å². The smallest absolute Gasteiger partial charge is 0.152 e. The fourth-order valence-corrected chi connectivity index (χ4v) is 5.78. The van der Waals surface area contributed by atoms with Gasteiger partial charge < -0.3 is 0 Å². The van der Waals surface area contributed by atoms with Gasteiger partial charge in [0.2, 0.25) is 0 Å². The third-order valence-corrected chi connectivity index (χ3v) is 7.95. The molecule has 7 heteroatoms. The van der Waals surface area contributed by atoms with Crippen LogP contribution in [0.3, 0.4) is 0 Å². The summed E-state index contributed by atoms with van der Waals surface area (Å²) in [6, 6.07) is 8.89. The van der Waals surface area contributed by atoms with Gasteiger partial charge in [0, 0.05) is 41.7 Å². The Morgan fingerprint density at radius 1 is 1.08 bits per heavy atom. The summed E-state index contributed by atoms with van der Waals surface area (Å²) in [5.74, 6) is 0.646. The summed E-state index contributed by atoms with van der Waals surface area (Å²) in [4.78, 5) is 9.47. The maximum atomic E-state index is 11.6. The predicted octanol–water partition coefficient (Wildman–Crippen LogP) is 2.69. The summed E-state index contributed by atoms with van der Waals surface area (Å²) in [7, 11) is -2.79. The highest BCUT2D eigenvalue weighted by Crippen LogP contribution is 2.27. The average Bonchev–Trinajstić information content (AvgIpc) is 2.65. The van der Waals surface area contributed by atoms with Gasteiger partial charge in [-0.1, -0.05) is 28.1 Å². The Kier molecular flexibility index (Phi) is 5.32. The molecule has 3 heterocycles. The van der Waals surface area contributed by atoms with Crippen LogP contribution in [0, 0.1) is 0 Å². The van der Waals surface area contributed by atoms with E-state index in [9.17, 15) is 8.42 Å². The van der Waals surface area contributed by atoms with Gasteiger partial charge in [0.15, 0.2) is 9.84 Å². The highest BCUT2D eigenvalue weighted by atomic mass is 79.9. The number of halogens is 1. The lowest BCUT2D eigenvalue weighted by Crippen LogP contribution is -2.50. The summed E-state index contributed by atoms with van der Waals surface area (Å²) in [5, 5.41) is 1.16. The van der Waals surface area contributed by atoms with Crippen molar-refractivity contribution in [1.82, 2.24) is 14.8 Å². The van der Waals surface area contributed by atoms with Crippen molar-refractivity contribution in [2.45, 2.75) is 25.4 Å². The van der Waals surface area contributed by atoms with Crippen molar-refractivity contribution in [3.8, 4) is 0 Å². The minimum Gasteiger partial charge on any atom is -0.299 e. The molecule has 2 fully saturated rings. The number of sulfone groups is 1. The van der Waals surface area contributed by atoms with Crippen LogP contribution in [0.25, 0.3) is 10.9 Å². The third-order valence-electron chi connectivity index (χ3n) is 5.65. The Balaban J connectivity index is 1.38. The Hall–Kier alpha value is -1.02. The lowest BCUT2D eigenvalue weighted by atomic mass is 10.0. The first-order chi connectivity index (χ1) is 12.5. The molecular weight excluding hydrogens is 414 g/mol. The van der Waals surface area contributed by atoms with Gasteiger partial charge in [-0.3, -0.25) is 14.8 Å². The fourth-order valence-electron chi connectivity index (χ4n) is 4.10. The van der Waals surface area contributed by atoms with E-state index in [1.807, 2.05) is 12.3 Å². The van der Waals surface area contributed by atoms with E-state index in [2.05, 4.69) is 48.9 Å². The molecule has 2 aromatic rings. The number of rotatable bonds is 3. The van der Waals surface area contributed by atoms with E-state index in [1.165, 1.54) is 5.56 Å². The number of benzene rings is 1. The number of aromatic nitrogens is 1. The Morgan fingerprint density at radius 2 is 1.81 bits per heavy atom. The first-order valence-electron chi connectivity index (χ1n) is 9.21. The van der Waals surface area contributed by atoms with Crippen molar-refractivity contribution in [2.75, 3.05) is 37.7 Å². The van der Waals surface area contributed by atoms with Crippen LogP contribution in [-0.4, -0.2) is 66.9 Å². The Morgan fingerprint density at radius 3 is 2.54 bits per heavy atom. The fraction of sp³-hybridized carbons (Fsp3) is 0.526. The molecule has 0 N–H and O–H groups in total. The van der Waals surface area contributed by atoms with Crippen molar-refractivity contribution < 1.29 is 8.42 Å². The maximum Gasteiger partial charge on any atom is 0.152 e. The highest BCUT2D eigenvalue weighted by molar-refractivity contribution is 9.10. The minimum atomic E-state index is -2.79. The van der Waals surface area contributed by atoms with Gasteiger partial charge in [0.25, 0.3) is 0 Å². The number of nitrogens with zero attached hydrogens (tertiary/aromatic N) is 3. The third kappa shape index (κ3) is 3.96. The number of likely N-dealkylation sites (tertiary alicyclic amines) is 1. The van der Waals surface area contributed by atoms with Gasteiger partial charge in [-0.25, -0.2) is 8.42 Å². The predicted molar refractivity (Wildman–Crippen MR) is 108 cm³/mol. The molecule has 0 aliphatic carbocycles. The summed E-state index contributed by atoms with van der Waals surface area (Å²) in [5.41, 5.74) is 2.34. The van der Waals surface area contributed by atoms with Gasteiger partial charge >= 0.3 is 0 Å². The average molecular weight is 438 g/mol. The summed E-state index contributed by atoms with van der Waals surface area (Å²) < 4.78 is 24.3. The van der Waals surface area contributed by atoms with Crippen molar-refractivity contribution in [3.63, 3.8) is 0 Å². The second-order valence-electron chi connectivity index (χ2n) is 7.30. The standard InChI is InChI=1S/C19H24BrN3O2S/c20-18-4-3-15(19-17(18)2-1-7-21-19)14-22-8-5-16(6-9-22)23-10-12-26(24,25)13-11-23/h1-4,7,16H,5-6,8-14H2. The van der Waals surface area contributed by atoms with Crippen LogP contribution in [0.2, 0.25) is 0 Å². The summed E-state index contributed by atoms with van der Waals surface area (Å²) >= 11 is 3.61. The van der Waals surface area contributed by atoms with Crippen molar-refractivity contribution in [3.05, 3.63) is 40.5 Å². The molecule has 0 amide bonds. The highest BCUT2D eigenvalue weighted by Gasteiger charge is 2.29. The number of hydrogen-bond acceptors (Lipinski definition) is 5. The molecule has 0 atom stereocenters. The SMILES string of the molecule is O=S1(=O)CCN(C2CCN(Cc3ccc(Br)c4cccnc34)CC2)CC1. The largest absolute Gasteiger partial charge is 0.299 e. The van der Waals surface area contributed by atoms with E-state index in [4.69, 9.17) is 0 Å². The molecule has 0 radical (unpaired) electrons. The molecule has 26 heavy (non-hydrogen) atoms. The Bertz CT molecular complexity index is 881. The number of piperidine rings is 1. The summed E-state index contributed by atoms with van der Waals surface area (Å²) in [6.07, 6.45) is 4.08. The molecule has 0 spiro atoms. The zero-order valence-electron chi connectivity index (χ0n) is 14.8. The Labute approximate surface area is 163 Å². The van der Waals surface area contributed by atoms with Crippen LogP contribution in [0.1, 0.15) is 18.4 Å². The maximum absolute atomic E-state index is 11.6. The summed E-state index contributed by atoms with van der Waals surface area (Å²) in [6.45, 7) is 4.43. The van der Waals surface area contributed by atoms with Crippen LogP contribution in [-0.2, 0) is 16.4 Å². The minimum absolute atomic E-state index is 0.323. The molecule has 2 aliphatic heterocycles. The van der Waals surface area contributed by atoms with Gasteiger partial charge in [-0.05, 0) is 43.6 Å². The molecule has 0 saturated carbocycles. The van der Waals surface area contributed by atoms with Crippen LogP contribution in [0.15, 0.2) is 34.9 Å². The second kappa shape index (κ2) is 7.54. The first-order valence-corrected chi connectivity index (χ1v) is 11.8. The molecule has 0 bridgehead atoms. The van der Waals surface area contributed by atoms with E-state index >= 15 is 0 Å². The molecule has 1 aromatic carbocycles. The van der Waals surface area contributed by atoms with E-state index < -0.39 is 9.84 Å². The van der Waals surface area contributed by atoms with Crippen LogP contribution in [0.4, 0.5) is 0 Å². The van der Waals surface area contributed by atoms with Crippen molar-refractivity contribution >= 4 is 36.7 Å². The van der Waals surface area contributed by atoms with Crippen molar-refractivity contribution in [2.24, 2.45) is 0 Å². The molecule has 2 saturated heterocycles. The number of hydrogen-bond donors (Lipinski definition) is 0. The van der Waals surface area contributed by atoms with E-state index in [0.717, 1.165) is 47.9 Å². The zero-order valence-corrected chi connectivity index (χ0v) is 17.2. The molecule has 0 unspecified atom stereocenters. The normalized spacial score (nSPS) is 22.7. The van der Waals surface area contributed by atoms with Crippen LogP contribution in [0.5, 0.6) is 0 Å². The second-order valence-corrected chi connectivity index (χ2v) is 10.5. The first kappa shape index (κ1) is 18.3. The van der Waals surface area contributed by atoms with E-state index in [0.29, 0.717) is 30.6 Å².